The van der Waals surface area contributed by atoms with Crippen molar-refractivity contribution < 1.29 is 27.5 Å². The SMILES string of the molecule is CN(Cc1cc(NC(=O)OCCc2ccc(Br)cc2)ccc1S(=O)(=O)C1CC1)C(=O)OC(C)(C)C. The van der Waals surface area contributed by atoms with Gasteiger partial charge in [0.25, 0.3) is 0 Å². The number of carbonyl (C=O) groups is 2. The molecule has 1 N–H and O–H groups in total. The molecule has 1 aliphatic carbocycles. The number of nitrogens with zero attached hydrogens (tertiary/aromatic N) is 1. The van der Waals surface area contributed by atoms with Crippen LogP contribution < -0.4 is 5.32 Å². The molecule has 1 fully saturated rings. The Morgan fingerprint density at radius 2 is 1.77 bits per heavy atom. The molecule has 1 saturated carbocycles. The number of rotatable bonds is 8. The first-order chi connectivity index (χ1) is 16.3. The second-order valence-corrected chi connectivity index (χ2v) is 12.7. The molecule has 35 heavy (non-hydrogen) atoms. The zero-order chi connectivity index (χ0) is 25.8. The first-order valence-electron chi connectivity index (χ1n) is 11.3. The van der Waals surface area contributed by atoms with Crippen LogP contribution in [0.1, 0.15) is 44.7 Å². The lowest BCUT2D eigenvalue weighted by molar-refractivity contribution is 0.0283. The average Bonchev–Trinajstić information content (AvgIpc) is 3.60. The van der Waals surface area contributed by atoms with E-state index >= 15 is 0 Å². The third-order valence-electron chi connectivity index (χ3n) is 5.23. The molecule has 2 aromatic rings. The molecule has 190 valence electrons. The fourth-order valence-corrected chi connectivity index (χ4v) is 5.47. The summed E-state index contributed by atoms with van der Waals surface area (Å²) < 4.78 is 37.6. The van der Waals surface area contributed by atoms with Crippen LogP contribution in [0.25, 0.3) is 0 Å². The highest BCUT2D eigenvalue weighted by molar-refractivity contribution is 9.10. The number of halogens is 1. The molecule has 2 amide bonds. The Bertz CT molecular complexity index is 1170. The Hall–Kier alpha value is -2.59. The summed E-state index contributed by atoms with van der Waals surface area (Å²) in [5.74, 6) is 0. The molecule has 0 aliphatic heterocycles. The minimum Gasteiger partial charge on any atom is -0.449 e. The Kier molecular flexibility index (Phi) is 8.48. The molecule has 0 atom stereocenters. The predicted molar refractivity (Wildman–Crippen MR) is 137 cm³/mol. The van der Waals surface area contributed by atoms with E-state index in [0.29, 0.717) is 30.5 Å². The molecule has 10 heteroatoms. The van der Waals surface area contributed by atoms with Gasteiger partial charge in [-0.1, -0.05) is 28.1 Å². The van der Waals surface area contributed by atoms with Gasteiger partial charge in [0.2, 0.25) is 0 Å². The lowest BCUT2D eigenvalue weighted by atomic mass is 10.2. The minimum absolute atomic E-state index is 0.00430. The number of sulfone groups is 1. The smallest absolute Gasteiger partial charge is 0.411 e. The maximum absolute atomic E-state index is 13.0. The maximum atomic E-state index is 13.0. The third-order valence-corrected chi connectivity index (χ3v) is 8.12. The monoisotopic (exact) mass is 566 g/mol. The number of ether oxygens (including phenoxy) is 2. The van der Waals surface area contributed by atoms with Crippen LogP contribution in [0.2, 0.25) is 0 Å². The fourth-order valence-electron chi connectivity index (χ4n) is 3.34. The van der Waals surface area contributed by atoms with Crippen LogP contribution in [0.5, 0.6) is 0 Å². The summed E-state index contributed by atoms with van der Waals surface area (Å²) in [5, 5.41) is 2.24. The highest BCUT2D eigenvalue weighted by Gasteiger charge is 2.38. The Morgan fingerprint density at radius 3 is 2.37 bits per heavy atom. The Morgan fingerprint density at radius 1 is 1.11 bits per heavy atom. The van der Waals surface area contributed by atoms with Crippen LogP contribution in [0.15, 0.2) is 51.8 Å². The predicted octanol–water partition coefficient (Wildman–Crippen LogP) is 5.54. The van der Waals surface area contributed by atoms with E-state index in [9.17, 15) is 18.0 Å². The molecule has 0 aromatic heterocycles. The van der Waals surface area contributed by atoms with Crippen molar-refractivity contribution in [2.45, 2.75) is 62.3 Å². The molecule has 0 radical (unpaired) electrons. The van der Waals surface area contributed by atoms with Gasteiger partial charge in [0.1, 0.15) is 5.60 Å². The zero-order valence-electron chi connectivity index (χ0n) is 20.3. The minimum atomic E-state index is -3.52. The van der Waals surface area contributed by atoms with Gasteiger partial charge in [-0.25, -0.2) is 18.0 Å². The van der Waals surface area contributed by atoms with Crippen molar-refractivity contribution in [1.29, 1.82) is 0 Å². The molecule has 3 rings (SSSR count). The fraction of sp³-hybridized carbons (Fsp3) is 0.440. The molecule has 8 nitrogen and oxygen atoms in total. The number of carbonyl (C=O) groups excluding carboxylic acids is 2. The first kappa shape index (κ1) is 27.0. The van der Waals surface area contributed by atoms with E-state index in [1.54, 1.807) is 26.8 Å². The van der Waals surface area contributed by atoms with Crippen molar-refractivity contribution in [1.82, 2.24) is 4.90 Å². The summed E-state index contributed by atoms with van der Waals surface area (Å²) in [7, 11) is -1.98. The lowest BCUT2D eigenvalue weighted by Gasteiger charge is -2.25. The summed E-state index contributed by atoms with van der Waals surface area (Å²) in [5.41, 5.74) is 1.12. The molecular formula is C25H31BrN2O6S. The summed E-state index contributed by atoms with van der Waals surface area (Å²) in [4.78, 5) is 26.2. The van der Waals surface area contributed by atoms with E-state index < -0.39 is 32.9 Å². The molecule has 0 heterocycles. The van der Waals surface area contributed by atoms with Crippen LogP contribution in [0, 0.1) is 0 Å². The van der Waals surface area contributed by atoms with E-state index in [1.165, 1.54) is 24.1 Å². The molecule has 0 bridgehead atoms. The van der Waals surface area contributed by atoms with Crippen LogP contribution in [-0.2, 0) is 32.3 Å². The largest absolute Gasteiger partial charge is 0.449 e. The van der Waals surface area contributed by atoms with Gasteiger partial charge in [-0.2, -0.15) is 0 Å². The number of anilines is 1. The van der Waals surface area contributed by atoms with Crippen molar-refractivity contribution in [3.8, 4) is 0 Å². The van der Waals surface area contributed by atoms with Gasteiger partial charge >= 0.3 is 12.2 Å². The van der Waals surface area contributed by atoms with Gasteiger partial charge in [-0.15, -0.1) is 0 Å². The van der Waals surface area contributed by atoms with Gasteiger partial charge < -0.3 is 14.4 Å². The van der Waals surface area contributed by atoms with Crippen molar-refractivity contribution in [3.05, 3.63) is 58.1 Å². The van der Waals surface area contributed by atoms with Gasteiger partial charge in [0, 0.05) is 23.6 Å². The number of nitrogens with one attached hydrogen (secondary N) is 1. The van der Waals surface area contributed by atoms with Crippen LogP contribution in [-0.4, -0.2) is 50.0 Å². The lowest BCUT2D eigenvalue weighted by Crippen LogP contribution is -2.34. The second kappa shape index (κ2) is 11.0. The van der Waals surface area contributed by atoms with Gasteiger partial charge in [-0.05, 0) is 75.1 Å². The standard InChI is InChI=1S/C25H31BrN2O6S/c1-25(2,3)34-24(30)28(4)16-18-15-20(9-12-22(18)35(31,32)21-10-11-21)27-23(29)33-14-13-17-5-7-19(26)8-6-17/h5-9,12,15,21H,10-11,13-14,16H2,1-4H3,(H,27,29). The highest BCUT2D eigenvalue weighted by Crippen LogP contribution is 2.36. The average molecular weight is 568 g/mol. The number of hydrogen-bond acceptors (Lipinski definition) is 6. The quantitative estimate of drug-likeness (QED) is 0.449. The topological polar surface area (TPSA) is 102 Å². The van der Waals surface area contributed by atoms with Crippen LogP contribution in [0.4, 0.5) is 15.3 Å². The Balaban J connectivity index is 1.70. The second-order valence-electron chi connectivity index (χ2n) is 9.54. The number of amides is 2. The molecule has 0 spiro atoms. The highest BCUT2D eigenvalue weighted by atomic mass is 79.9. The van der Waals surface area contributed by atoms with Crippen molar-refractivity contribution in [3.63, 3.8) is 0 Å². The molecule has 0 unspecified atom stereocenters. The normalized spacial score (nSPS) is 13.7. The van der Waals surface area contributed by atoms with E-state index in [0.717, 1.165) is 10.0 Å². The number of hydrogen-bond donors (Lipinski definition) is 1. The van der Waals surface area contributed by atoms with Gasteiger partial charge in [-0.3, -0.25) is 5.32 Å². The molecule has 1 aliphatic rings. The summed E-state index contributed by atoms with van der Waals surface area (Å²) in [6, 6.07) is 12.3. The van der Waals surface area contributed by atoms with E-state index in [-0.39, 0.29) is 18.0 Å². The van der Waals surface area contributed by atoms with Crippen molar-refractivity contribution in [2.24, 2.45) is 0 Å². The third kappa shape index (κ3) is 7.96. The molecular weight excluding hydrogens is 536 g/mol. The summed E-state index contributed by atoms with van der Waals surface area (Å²) >= 11 is 3.38. The van der Waals surface area contributed by atoms with Crippen LogP contribution in [0.3, 0.4) is 0 Å². The molecule has 2 aromatic carbocycles. The summed E-state index contributed by atoms with van der Waals surface area (Å²) in [6.07, 6.45) is 0.581. The van der Waals surface area contributed by atoms with Crippen LogP contribution >= 0.6 is 15.9 Å². The van der Waals surface area contributed by atoms with E-state index in [2.05, 4.69) is 21.2 Å². The zero-order valence-corrected chi connectivity index (χ0v) is 22.7. The van der Waals surface area contributed by atoms with Crippen molar-refractivity contribution >= 4 is 43.6 Å². The van der Waals surface area contributed by atoms with Gasteiger partial charge in [0.05, 0.1) is 23.3 Å². The Labute approximate surface area is 215 Å². The van der Waals surface area contributed by atoms with E-state index in [4.69, 9.17) is 9.47 Å². The molecule has 0 saturated heterocycles. The summed E-state index contributed by atoms with van der Waals surface area (Å²) in [6.45, 7) is 5.47. The number of benzene rings is 2. The van der Waals surface area contributed by atoms with Gasteiger partial charge in [0.15, 0.2) is 9.84 Å². The van der Waals surface area contributed by atoms with E-state index in [1.807, 2.05) is 24.3 Å². The first-order valence-corrected chi connectivity index (χ1v) is 13.7. The van der Waals surface area contributed by atoms with Crippen molar-refractivity contribution in [2.75, 3.05) is 19.0 Å². The maximum Gasteiger partial charge on any atom is 0.411 e.